The quantitative estimate of drug-likeness (QED) is 0.755. The first-order valence-electron chi connectivity index (χ1n) is 9.77. The van der Waals surface area contributed by atoms with E-state index in [0.717, 1.165) is 4.90 Å². The topological polar surface area (TPSA) is 83.1 Å². The molecular formula is C22H21FN3O3+. The van der Waals surface area contributed by atoms with Gasteiger partial charge in [0.25, 0.3) is 5.91 Å². The molecule has 2 aromatic carbocycles. The number of para-hydroxylation sites is 2. The molecule has 2 aromatic rings. The second-order valence-electron chi connectivity index (χ2n) is 8.32. The summed E-state index contributed by atoms with van der Waals surface area (Å²) in [5, 5.41) is 4.77. The van der Waals surface area contributed by atoms with Gasteiger partial charge in [0, 0.05) is 11.5 Å². The van der Waals surface area contributed by atoms with Crippen LogP contribution in [0.15, 0.2) is 48.5 Å². The highest BCUT2D eigenvalue weighted by Gasteiger charge is 2.74. The van der Waals surface area contributed by atoms with Gasteiger partial charge in [0.05, 0.1) is 11.4 Å². The first-order valence-corrected chi connectivity index (χ1v) is 9.77. The standard InChI is InChI=1S/C22H20FN3O3/c1-11(2)18-16-17(20(28)26(19(16)27)15-10-6-4-8-13(15)23)22(25-18)12-7-3-5-9-14(12)24-21(22)29/h3-11,16-18,25H,1-2H3,(H,24,29)/p+1/t16-,17+,18+,22-/m0/s1. The Balaban J connectivity index is 1.71. The van der Waals surface area contributed by atoms with Crippen LogP contribution >= 0.6 is 0 Å². The molecular weight excluding hydrogens is 373 g/mol. The maximum Gasteiger partial charge on any atom is 0.291 e. The maximum absolute atomic E-state index is 14.5. The van der Waals surface area contributed by atoms with Crippen molar-refractivity contribution in [2.75, 3.05) is 10.2 Å². The third kappa shape index (κ3) is 2.16. The second-order valence-corrected chi connectivity index (χ2v) is 8.32. The number of nitrogens with two attached hydrogens (primary N) is 1. The normalized spacial score (nSPS) is 30.3. The predicted octanol–water partition coefficient (Wildman–Crippen LogP) is 1.38. The molecule has 0 aromatic heterocycles. The number of anilines is 2. The monoisotopic (exact) mass is 394 g/mol. The van der Waals surface area contributed by atoms with Crippen molar-refractivity contribution in [3.05, 3.63) is 59.9 Å². The molecule has 5 rings (SSSR count). The average molecular weight is 394 g/mol. The highest BCUT2D eigenvalue weighted by Crippen LogP contribution is 2.50. The minimum Gasteiger partial charge on any atom is -0.326 e. The van der Waals surface area contributed by atoms with Gasteiger partial charge in [-0.25, -0.2) is 9.29 Å². The second kappa shape index (κ2) is 5.97. The van der Waals surface area contributed by atoms with Crippen molar-refractivity contribution in [1.82, 2.24) is 0 Å². The number of carbonyl (C=O) groups excluding carboxylic acids is 3. The summed E-state index contributed by atoms with van der Waals surface area (Å²) >= 11 is 0. The van der Waals surface area contributed by atoms with Crippen molar-refractivity contribution in [2.24, 2.45) is 17.8 Å². The van der Waals surface area contributed by atoms with Crippen LogP contribution in [0.5, 0.6) is 0 Å². The molecule has 0 radical (unpaired) electrons. The number of fused-ring (bicyclic) bond motifs is 4. The highest BCUT2D eigenvalue weighted by molar-refractivity contribution is 6.25. The number of imide groups is 1. The van der Waals surface area contributed by atoms with Crippen LogP contribution < -0.4 is 15.5 Å². The molecule has 6 nitrogen and oxygen atoms in total. The van der Waals surface area contributed by atoms with Gasteiger partial charge in [-0.15, -0.1) is 0 Å². The molecule has 2 fully saturated rings. The van der Waals surface area contributed by atoms with E-state index >= 15 is 0 Å². The van der Waals surface area contributed by atoms with Gasteiger partial charge in [0.2, 0.25) is 17.4 Å². The third-order valence-electron chi connectivity index (χ3n) is 6.57. The van der Waals surface area contributed by atoms with E-state index in [9.17, 15) is 18.8 Å². The van der Waals surface area contributed by atoms with Gasteiger partial charge in [-0.05, 0) is 18.2 Å². The van der Waals surface area contributed by atoms with Crippen molar-refractivity contribution in [1.29, 1.82) is 0 Å². The zero-order valence-electron chi connectivity index (χ0n) is 16.1. The van der Waals surface area contributed by atoms with E-state index in [-0.39, 0.29) is 23.6 Å². The van der Waals surface area contributed by atoms with Gasteiger partial charge in [-0.2, -0.15) is 0 Å². The highest BCUT2D eigenvalue weighted by atomic mass is 19.1. The van der Waals surface area contributed by atoms with Crippen LogP contribution in [0.4, 0.5) is 15.8 Å². The number of benzene rings is 2. The van der Waals surface area contributed by atoms with Crippen LogP contribution in [0.3, 0.4) is 0 Å². The van der Waals surface area contributed by atoms with E-state index < -0.39 is 35.0 Å². The largest absolute Gasteiger partial charge is 0.326 e. The summed E-state index contributed by atoms with van der Waals surface area (Å²) in [6, 6.07) is 12.7. The average Bonchev–Trinajstić information content (AvgIpc) is 3.28. The minimum absolute atomic E-state index is 0.0414. The molecule has 3 N–H and O–H groups in total. The van der Waals surface area contributed by atoms with Crippen molar-refractivity contribution in [3.8, 4) is 0 Å². The lowest BCUT2D eigenvalue weighted by Gasteiger charge is -2.27. The van der Waals surface area contributed by atoms with Crippen LogP contribution in [0.25, 0.3) is 0 Å². The molecule has 3 heterocycles. The Morgan fingerprint density at radius 3 is 2.45 bits per heavy atom. The number of quaternary nitrogens is 1. The molecule has 148 valence electrons. The number of nitrogens with one attached hydrogen (secondary N) is 1. The van der Waals surface area contributed by atoms with Crippen molar-refractivity contribution >= 4 is 29.1 Å². The zero-order chi connectivity index (χ0) is 20.5. The van der Waals surface area contributed by atoms with Gasteiger partial charge in [-0.3, -0.25) is 14.4 Å². The van der Waals surface area contributed by atoms with E-state index in [1.807, 2.05) is 37.4 Å². The van der Waals surface area contributed by atoms with E-state index in [4.69, 9.17) is 0 Å². The Bertz CT molecular complexity index is 1070. The first-order chi connectivity index (χ1) is 13.9. The van der Waals surface area contributed by atoms with Crippen LogP contribution in [-0.4, -0.2) is 23.8 Å². The van der Waals surface area contributed by atoms with Crippen LogP contribution in [-0.2, 0) is 19.9 Å². The Morgan fingerprint density at radius 1 is 1.03 bits per heavy atom. The first kappa shape index (κ1) is 18.0. The Kier molecular flexibility index (Phi) is 3.70. The van der Waals surface area contributed by atoms with E-state index in [1.54, 1.807) is 12.1 Å². The molecule has 7 heteroatoms. The number of carbonyl (C=O) groups is 3. The molecule has 29 heavy (non-hydrogen) atoms. The molecule has 1 spiro atoms. The zero-order valence-corrected chi connectivity index (χ0v) is 16.1. The van der Waals surface area contributed by atoms with Gasteiger partial charge >= 0.3 is 0 Å². The van der Waals surface area contributed by atoms with Gasteiger partial charge < -0.3 is 10.6 Å². The number of amides is 3. The number of hydrogen-bond donors (Lipinski definition) is 2. The van der Waals surface area contributed by atoms with Gasteiger partial charge in [0.15, 0.2) is 0 Å². The summed E-state index contributed by atoms with van der Waals surface area (Å²) in [7, 11) is 0. The smallest absolute Gasteiger partial charge is 0.291 e. The number of rotatable bonds is 2. The van der Waals surface area contributed by atoms with E-state index in [1.165, 1.54) is 18.2 Å². The van der Waals surface area contributed by atoms with Crippen LogP contribution in [0, 0.1) is 23.6 Å². The van der Waals surface area contributed by atoms with Crippen molar-refractivity contribution in [2.45, 2.75) is 25.4 Å². The molecule has 0 bridgehead atoms. The molecule has 2 saturated heterocycles. The van der Waals surface area contributed by atoms with Crippen LogP contribution in [0.1, 0.15) is 19.4 Å². The Morgan fingerprint density at radius 2 is 1.72 bits per heavy atom. The summed E-state index contributed by atoms with van der Waals surface area (Å²) in [5.41, 5.74) is 0.0885. The Labute approximate surface area is 167 Å². The lowest BCUT2D eigenvalue weighted by molar-refractivity contribution is -0.738. The minimum atomic E-state index is -1.22. The number of halogens is 1. The lowest BCUT2D eigenvalue weighted by Crippen LogP contribution is -2.99. The van der Waals surface area contributed by atoms with Crippen LogP contribution in [0.2, 0.25) is 0 Å². The number of hydrogen-bond acceptors (Lipinski definition) is 3. The third-order valence-corrected chi connectivity index (χ3v) is 6.57. The van der Waals surface area contributed by atoms with E-state index in [0.29, 0.717) is 11.3 Å². The van der Waals surface area contributed by atoms with Gasteiger partial charge in [-0.1, -0.05) is 44.2 Å². The Hall–Kier alpha value is -3.06. The van der Waals surface area contributed by atoms with Crippen molar-refractivity contribution in [3.63, 3.8) is 0 Å². The summed E-state index contributed by atoms with van der Waals surface area (Å²) in [5.74, 6) is -3.42. The molecule has 3 aliphatic heterocycles. The molecule has 3 amide bonds. The molecule has 0 saturated carbocycles. The summed E-state index contributed by atoms with van der Waals surface area (Å²) in [6.45, 7) is 3.94. The summed E-state index contributed by atoms with van der Waals surface area (Å²) < 4.78 is 14.5. The summed E-state index contributed by atoms with van der Waals surface area (Å²) in [6.07, 6.45) is 0. The lowest BCUT2D eigenvalue weighted by atomic mass is 9.76. The predicted molar refractivity (Wildman–Crippen MR) is 103 cm³/mol. The van der Waals surface area contributed by atoms with E-state index in [2.05, 4.69) is 5.32 Å². The molecule has 0 aliphatic carbocycles. The molecule has 4 atom stereocenters. The SMILES string of the molecule is CC(C)[C@H]1[NH2+][C@]2(C(=O)Nc3ccccc32)[C@H]2C(=O)N(c3ccccc3F)C(=O)[C@H]12. The fraction of sp³-hybridized carbons (Fsp3) is 0.318. The number of nitrogens with zero attached hydrogens (tertiary/aromatic N) is 1. The fourth-order valence-corrected chi connectivity index (χ4v) is 5.32. The fourth-order valence-electron chi connectivity index (χ4n) is 5.32. The van der Waals surface area contributed by atoms with Crippen molar-refractivity contribution < 1.29 is 24.1 Å². The maximum atomic E-state index is 14.5. The summed E-state index contributed by atoms with van der Waals surface area (Å²) in [4.78, 5) is 41.2. The molecule has 0 unspecified atom stereocenters. The molecule has 3 aliphatic rings. The van der Waals surface area contributed by atoms with Gasteiger partial charge in [0.1, 0.15) is 23.7 Å².